The zero-order valence-electron chi connectivity index (χ0n) is 20.1. The third-order valence-corrected chi connectivity index (χ3v) is 8.99. The van der Waals surface area contributed by atoms with Crippen molar-refractivity contribution in [3.05, 3.63) is 66.5 Å². The molecular formula is C23H25Br3N10O2. The molecule has 38 heavy (non-hydrogen) atoms. The number of fused-ring (bicyclic) bond motifs is 1. The number of nitrogens with one attached hydrogen (secondary N) is 5. The number of aryl methyl sites for hydroxylation is 1. The highest BCUT2D eigenvalue weighted by atomic mass is 79.9. The van der Waals surface area contributed by atoms with Crippen LogP contribution in [0.2, 0.25) is 0 Å². The van der Waals surface area contributed by atoms with Crippen molar-refractivity contribution in [1.82, 2.24) is 40.1 Å². The normalized spacial score (nSPS) is 18.8. The Morgan fingerprint density at radius 1 is 1.08 bits per heavy atom. The largest absolute Gasteiger partial charge is 0.369 e. The van der Waals surface area contributed by atoms with Crippen molar-refractivity contribution in [2.24, 2.45) is 18.9 Å². The average Bonchev–Trinajstić information content (AvgIpc) is 3.62. The number of anilines is 2. The number of nitrogen functional groups attached to an aromatic ring is 2. The van der Waals surface area contributed by atoms with Crippen molar-refractivity contribution >= 4 is 71.5 Å². The van der Waals surface area contributed by atoms with E-state index in [-0.39, 0.29) is 35.5 Å². The molecule has 0 aliphatic heterocycles. The second-order valence-electron chi connectivity index (χ2n) is 9.23. The van der Waals surface area contributed by atoms with Crippen LogP contribution < -0.4 is 22.1 Å². The standard InChI is InChI=1S/C23H25Br3N10O2/c1-36-8-10(24)3-16(36)21(38)29-5-9-2-13-18(35-23(28)33-13)17(15-7-31-22(27)34-15)11(9)6-30-20(37)14-4-12(25)19(26)32-14/h3-4,7-9,11,17,32H,2,5-6H2,1H3,(H,29,38)(H,30,37)(H3,27,31,34)(H3,28,33,35). The summed E-state index contributed by atoms with van der Waals surface area (Å²) in [5.41, 5.74) is 15.3. The average molecular weight is 713 g/mol. The molecule has 0 saturated carbocycles. The monoisotopic (exact) mass is 710 g/mol. The van der Waals surface area contributed by atoms with Gasteiger partial charge in [-0.25, -0.2) is 9.97 Å². The van der Waals surface area contributed by atoms with E-state index >= 15 is 0 Å². The molecule has 0 aromatic carbocycles. The molecule has 1 aliphatic carbocycles. The topological polar surface area (TPSA) is 188 Å². The lowest BCUT2D eigenvalue weighted by Crippen LogP contribution is -2.44. The van der Waals surface area contributed by atoms with Crippen LogP contribution in [0.25, 0.3) is 0 Å². The zero-order chi connectivity index (χ0) is 27.1. The summed E-state index contributed by atoms with van der Waals surface area (Å²) in [5.74, 6) is -0.426. The smallest absolute Gasteiger partial charge is 0.267 e. The highest BCUT2D eigenvalue weighted by Crippen LogP contribution is 2.42. The van der Waals surface area contributed by atoms with Crippen LogP contribution in [0.4, 0.5) is 11.9 Å². The number of hydrogen-bond acceptors (Lipinski definition) is 6. The molecule has 0 saturated heterocycles. The van der Waals surface area contributed by atoms with Crippen LogP contribution in [0, 0.1) is 11.8 Å². The van der Waals surface area contributed by atoms with Crippen LogP contribution in [0.3, 0.4) is 0 Å². The van der Waals surface area contributed by atoms with Gasteiger partial charge in [0.2, 0.25) is 0 Å². The molecule has 0 bridgehead atoms. The minimum absolute atomic E-state index is 0.0769. The van der Waals surface area contributed by atoms with Gasteiger partial charge in [0.25, 0.3) is 11.8 Å². The van der Waals surface area contributed by atoms with Crippen molar-refractivity contribution in [2.75, 3.05) is 24.6 Å². The minimum Gasteiger partial charge on any atom is -0.369 e. The molecule has 9 N–H and O–H groups in total. The second-order valence-corrected chi connectivity index (χ2v) is 11.8. The molecule has 4 heterocycles. The summed E-state index contributed by atoms with van der Waals surface area (Å²) in [6.45, 7) is 0.666. The van der Waals surface area contributed by atoms with E-state index in [0.717, 1.165) is 26.0 Å². The van der Waals surface area contributed by atoms with Gasteiger partial charge in [-0.2, -0.15) is 0 Å². The number of carbonyl (C=O) groups excluding carboxylic acids is 2. The Kier molecular flexibility index (Phi) is 7.42. The molecule has 4 aromatic heterocycles. The fraction of sp³-hybridized carbons (Fsp3) is 0.304. The third kappa shape index (κ3) is 5.27. The Morgan fingerprint density at radius 3 is 2.47 bits per heavy atom. The SMILES string of the molecule is Cn1cc(Br)cc1C(=O)NCC1Cc2[nH]c(N)nc2C(c2cnc(N)[nH]2)C1CNC(=O)c1cc(Br)c(Br)[nH]1. The van der Waals surface area contributed by atoms with E-state index in [9.17, 15) is 9.59 Å². The molecule has 1 aliphatic rings. The Hall–Kier alpha value is -3.04. The third-order valence-electron chi connectivity index (χ3n) is 6.77. The number of halogens is 3. The lowest BCUT2D eigenvalue weighted by Gasteiger charge is -2.37. The highest BCUT2D eigenvalue weighted by molar-refractivity contribution is 9.13. The summed E-state index contributed by atoms with van der Waals surface area (Å²) in [6.07, 6.45) is 4.07. The molecule has 15 heteroatoms. The molecule has 2 amide bonds. The first-order chi connectivity index (χ1) is 18.1. The Labute approximate surface area is 242 Å². The van der Waals surface area contributed by atoms with Gasteiger partial charge >= 0.3 is 0 Å². The van der Waals surface area contributed by atoms with Crippen molar-refractivity contribution in [2.45, 2.75) is 12.3 Å². The molecule has 3 atom stereocenters. The lowest BCUT2D eigenvalue weighted by atomic mass is 9.71. The zero-order valence-corrected chi connectivity index (χ0v) is 24.9. The number of nitrogens with two attached hydrogens (primary N) is 2. The number of hydrogen-bond donors (Lipinski definition) is 7. The first-order valence-corrected chi connectivity index (χ1v) is 14.1. The molecule has 0 radical (unpaired) electrons. The van der Waals surface area contributed by atoms with Crippen LogP contribution in [-0.4, -0.2) is 54.4 Å². The van der Waals surface area contributed by atoms with E-state index in [1.54, 1.807) is 22.9 Å². The summed E-state index contributed by atoms with van der Waals surface area (Å²) in [4.78, 5) is 44.1. The van der Waals surface area contributed by atoms with Gasteiger partial charge in [0.15, 0.2) is 11.9 Å². The maximum atomic E-state index is 13.0. The van der Waals surface area contributed by atoms with E-state index < -0.39 is 0 Å². The van der Waals surface area contributed by atoms with Crippen LogP contribution in [0.5, 0.6) is 0 Å². The number of rotatable bonds is 7. The number of imidazole rings is 2. The summed E-state index contributed by atoms with van der Waals surface area (Å²) < 4.78 is 4.00. The molecule has 12 nitrogen and oxygen atoms in total. The van der Waals surface area contributed by atoms with Gasteiger partial charge in [0.05, 0.1) is 21.0 Å². The van der Waals surface area contributed by atoms with Crippen molar-refractivity contribution in [3.63, 3.8) is 0 Å². The predicted molar refractivity (Wildman–Crippen MR) is 152 cm³/mol. The number of H-pyrrole nitrogens is 3. The molecule has 4 aromatic rings. The maximum absolute atomic E-state index is 13.0. The van der Waals surface area contributed by atoms with Gasteiger partial charge < -0.3 is 41.6 Å². The quantitative estimate of drug-likeness (QED) is 0.154. The van der Waals surface area contributed by atoms with Gasteiger partial charge in [-0.05, 0) is 78.2 Å². The number of carbonyl (C=O) groups is 2. The number of amides is 2. The molecule has 0 spiro atoms. The second kappa shape index (κ2) is 10.6. The van der Waals surface area contributed by atoms with E-state index in [1.165, 1.54) is 0 Å². The van der Waals surface area contributed by atoms with Crippen molar-refractivity contribution in [1.29, 1.82) is 0 Å². The maximum Gasteiger partial charge on any atom is 0.267 e. The van der Waals surface area contributed by atoms with Crippen LogP contribution >= 0.6 is 47.8 Å². The lowest BCUT2D eigenvalue weighted by molar-refractivity contribution is 0.0904. The van der Waals surface area contributed by atoms with E-state index in [1.807, 2.05) is 13.2 Å². The summed E-state index contributed by atoms with van der Waals surface area (Å²) in [6, 6.07) is 3.47. The first-order valence-electron chi connectivity index (χ1n) is 11.7. The Bertz CT molecular complexity index is 1480. The number of nitrogens with zero attached hydrogens (tertiary/aromatic N) is 3. The fourth-order valence-corrected chi connectivity index (χ4v) is 6.22. The number of aromatic amines is 3. The highest BCUT2D eigenvalue weighted by Gasteiger charge is 2.41. The molecule has 3 unspecified atom stereocenters. The summed E-state index contributed by atoms with van der Waals surface area (Å²) in [7, 11) is 1.81. The molecular weight excluding hydrogens is 688 g/mol. The van der Waals surface area contributed by atoms with E-state index in [2.05, 4.69) is 83.3 Å². The molecule has 0 fully saturated rings. The van der Waals surface area contributed by atoms with Crippen molar-refractivity contribution in [3.8, 4) is 0 Å². The molecule has 200 valence electrons. The van der Waals surface area contributed by atoms with Crippen LogP contribution in [-0.2, 0) is 13.5 Å². The van der Waals surface area contributed by atoms with Gasteiger partial charge in [0, 0.05) is 48.1 Å². The minimum atomic E-state index is -0.300. The van der Waals surface area contributed by atoms with Gasteiger partial charge in [0.1, 0.15) is 11.4 Å². The Balaban J connectivity index is 1.44. The van der Waals surface area contributed by atoms with Gasteiger partial charge in [-0.1, -0.05) is 0 Å². The van der Waals surface area contributed by atoms with E-state index in [4.69, 9.17) is 11.5 Å². The van der Waals surface area contributed by atoms with E-state index in [0.29, 0.717) is 41.4 Å². The van der Waals surface area contributed by atoms with Gasteiger partial charge in [-0.3, -0.25) is 9.59 Å². The van der Waals surface area contributed by atoms with Crippen LogP contribution in [0.1, 0.15) is 44.0 Å². The van der Waals surface area contributed by atoms with Crippen molar-refractivity contribution < 1.29 is 9.59 Å². The fourth-order valence-electron chi connectivity index (χ4n) is 5.04. The Morgan fingerprint density at radius 2 is 1.84 bits per heavy atom. The summed E-state index contributed by atoms with van der Waals surface area (Å²) in [5, 5.41) is 6.12. The summed E-state index contributed by atoms with van der Waals surface area (Å²) >= 11 is 10.2. The first kappa shape index (κ1) is 26.6. The van der Waals surface area contributed by atoms with Crippen LogP contribution in [0.15, 0.2) is 38.1 Å². The number of aromatic nitrogens is 6. The predicted octanol–water partition coefficient (Wildman–Crippen LogP) is 3.03. The van der Waals surface area contributed by atoms with Gasteiger partial charge in [-0.15, -0.1) is 0 Å². The molecule has 5 rings (SSSR count).